The fourth-order valence-corrected chi connectivity index (χ4v) is 4.10. The van der Waals surface area contributed by atoms with Crippen LogP contribution in [0.25, 0.3) is 0 Å². The van der Waals surface area contributed by atoms with Crippen LogP contribution in [-0.2, 0) is 13.1 Å². The van der Waals surface area contributed by atoms with Crippen LogP contribution in [0.5, 0.6) is 0 Å². The monoisotopic (exact) mass is 438 g/mol. The summed E-state index contributed by atoms with van der Waals surface area (Å²) in [5.41, 5.74) is 3.00. The topological polar surface area (TPSA) is 58.1 Å². The average Bonchev–Trinajstić information content (AvgIpc) is 3.23. The molecule has 1 aromatic heterocycles. The van der Waals surface area contributed by atoms with E-state index in [1.165, 1.54) is 12.1 Å². The van der Waals surface area contributed by atoms with Crippen molar-refractivity contribution in [2.24, 2.45) is 0 Å². The molecule has 0 radical (unpaired) electrons. The van der Waals surface area contributed by atoms with Crippen LogP contribution in [0.15, 0.2) is 54.7 Å². The van der Waals surface area contributed by atoms with Crippen LogP contribution in [0.4, 0.5) is 4.39 Å². The second-order valence-electron chi connectivity index (χ2n) is 7.76. The van der Waals surface area contributed by atoms with Crippen LogP contribution in [-0.4, -0.2) is 27.3 Å². The lowest BCUT2D eigenvalue weighted by molar-refractivity contribution is 0.0949. The van der Waals surface area contributed by atoms with E-state index in [4.69, 9.17) is 11.6 Å². The number of benzene rings is 2. The number of aryl methyl sites for hydroxylation is 1. The number of carbonyl (C=O) groups is 1. The highest BCUT2D eigenvalue weighted by molar-refractivity contribution is 6.31. The molecule has 1 saturated heterocycles. The van der Waals surface area contributed by atoms with Gasteiger partial charge in [0.15, 0.2) is 0 Å². The minimum Gasteiger partial charge on any atom is -0.348 e. The van der Waals surface area contributed by atoms with E-state index in [1.54, 1.807) is 18.3 Å². The Morgan fingerprint density at radius 2 is 2.00 bits per heavy atom. The van der Waals surface area contributed by atoms with Crippen molar-refractivity contribution in [2.75, 3.05) is 6.54 Å². The molecule has 1 unspecified atom stereocenters. The third-order valence-electron chi connectivity index (χ3n) is 5.60. The van der Waals surface area contributed by atoms with Gasteiger partial charge in [-0.1, -0.05) is 41.9 Å². The van der Waals surface area contributed by atoms with Gasteiger partial charge in [0.25, 0.3) is 5.91 Å². The Kier molecular flexibility index (Phi) is 6.59. The van der Waals surface area contributed by atoms with Crippen LogP contribution < -0.4 is 5.32 Å². The summed E-state index contributed by atoms with van der Waals surface area (Å²) in [6.45, 7) is 3.84. The van der Waals surface area contributed by atoms with Gasteiger partial charge in [-0.05, 0) is 55.6 Å². The van der Waals surface area contributed by atoms with Gasteiger partial charge < -0.3 is 5.32 Å². The smallest absolute Gasteiger partial charge is 0.254 e. The highest BCUT2D eigenvalue weighted by atomic mass is 35.5. The Bertz CT molecular complexity index is 1070. The third kappa shape index (κ3) is 5.09. The molecule has 2 heterocycles. The molecule has 0 aliphatic carbocycles. The molecule has 0 bridgehead atoms. The molecular formula is C24H24ClFN4O. The Balaban J connectivity index is 1.44. The first-order valence-electron chi connectivity index (χ1n) is 10.3. The quantitative estimate of drug-likeness (QED) is 0.598. The highest BCUT2D eigenvalue weighted by Gasteiger charge is 2.29. The first-order chi connectivity index (χ1) is 15.0. The molecule has 2 aromatic carbocycles. The van der Waals surface area contributed by atoms with E-state index in [2.05, 4.69) is 20.2 Å². The third-order valence-corrected chi connectivity index (χ3v) is 5.97. The van der Waals surface area contributed by atoms with Crippen molar-refractivity contribution in [2.45, 2.75) is 38.9 Å². The summed E-state index contributed by atoms with van der Waals surface area (Å²) in [5, 5.41) is 3.61. The molecule has 31 heavy (non-hydrogen) atoms. The lowest BCUT2D eigenvalue weighted by Crippen LogP contribution is -2.27. The van der Waals surface area contributed by atoms with Crippen molar-refractivity contribution in [1.82, 2.24) is 20.2 Å². The first kappa shape index (κ1) is 21.4. The van der Waals surface area contributed by atoms with Gasteiger partial charge in [-0.25, -0.2) is 14.4 Å². The van der Waals surface area contributed by atoms with Gasteiger partial charge in [-0.2, -0.15) is 0 Å². The van der Waals surface area contributed by atoms with Gasteiger partial charge >= 0.3 is 0 Å². The number of carbonyl (C=O) groups excluding carboxylic acids is 1. The number of aromatic nitrogens is 2. The maximum Gasteiger partial charge on any atom is 0.254 e. The number of rotatable bonds is 6. The minimum absolute atomic E-state index is 0.103. The minimum atomic E-state index is -0.301. The van der Waals surface area contributed by atoms with E-state index in [0.717, 1.165) is 47.9 Å². The molecule has 1 atom stereocenters. The van der Waals surface area contributed by atoms with Gasteiger partial charge in [0.2, 0.25) is 0 Å². The van der Waals surface area contributed by atoms with Gasteiger partial charge in [-0.15, -0.1) is 0 Å². The van der Waals surface area contributed by atoms with Crippen molar-refractivity contribution in [3.05, 3.63) is 93.8 Å². The molecule has 3 aromatic rings. The van der Waals surface area contributed by atoms with E-state index in [-0.39, 0.29) is 17.8 Å². The molecule has 0 spiro atoms. The SMILES string of the molecule is Cc1nc(C2CCCN2Cc2ccccc2Cl)ncc1C(=O)NCc1ccc(F)cc1. The van der Waals surface area contributed by atoms with Crippen molar-refractivity contribution >= 4 is 17.5 Å². The number of nitrogens with zero attached hydrogens (tertiary/aromatic N) is 3. The van der Waals surface area contributed by atoms with Gasteiger partial charge in [-0.3, -0.25) is 9.69 Å². The van der Waals surface area contributed by atoms with Crippen LogP contribution in [0.1, 0.15) is 51.9 Å². The maximum atomic E-state index is 13.0. The standard InChI is InChI=1S/C24H24ClFN4O/c1-16-20(24(31)28-13-17-8-10-19(26)11-9-17)14-27-23(29-16)22-7-4-12-30(22)15-18-5-2-3-6-21(18)25/h2-3,5-6,8-11,14,22H,4,7,12-13,15H2,1H3,(H,28,31). The van der Waals surface area contributed by atoms with E-state index in [9.17, 15) is 9.18 Å². The van der Waals surface area contributed by atoms with Crippen LogP contribution in [0.2, 0.25) is 5.02 Å². The molecule has 7 heteroatoms. The number of hydrogen-bond donors (Lipinski definition) is 1. The molecular weight excluding hydrogens is 415 g/mol. The van der Waals surface area contributed by atoms with Crippen LogP contribution in [0, 0.1) is 12.7 Å². The number of likely N-dealkylation sites (tertiary alicyclic amines) is 1. The maximum absolute atomic E-state index is 13.0. The van der Waals surface area contributed by atoms with Gasteiger partial charge in [0.05, 0.1) is 17.3 Å². The van der Waals surface area contributed by atoms with Crippen molar-refractivity contribution in [1.29, 1.82) is 0 Å². The summed E-state index contributed by atoms with van der Waals surface area (Å²) in [6.07, 6.45) is 3.64. The summed E-state index contributed by atoms with van der Waals surface area (Å²) in [7, 11) is 0. The molecule has 1 aliphatic heterocycles. The highest BCUT2D eigenvalue weighted by Crippen LogP contribution is 2.32. The zero-order valence-corrected chi connectivity index (χ0v) is 18.1. The Morgan fingerprint density at radius 3 is 2.74 bits per heavy atom. The second kappa shape index (κ2) is 9.54. The van der Waals surface area contributed by atoms with Crippen molar-refractivity contribution < 1.29 is 9.18 Å². The van der Waals surface area contributed by atoms with Crippen molar-refractivity contribution in [3.63, 3.8) is 0 Å². The summed E-state index contributed by atoms with van der Waals surface area (Å²) >= 11 is 6.34. The molecule has 1 aliphatic rings. The largest absolute Gasteiger partial charge is 0.348 e. The number of nitrogens with one attached hydrogen (secondary N) is 1. The molecule has 0 saturated carbocycles. The fraction of sp³-hybridized carbons (Fsp3) is 0.292. The number of halogens is 2. The Morgan fingerprint density at radius 1 is 1.23 bits per heavy atom. The molecule has 160 valence electrons. The van der Waals surface area contributed by atoms with Gasteiger partial charge in [0, 0.05) is 24.3 Å². The Hall–Kier alpha value is -2.83. The average molecular weight is 439 g/mol. The van der Waals surface area contributed by atoms with E-state index < -0.39 is 0 Å². The second-order valence-corrected chi connectivity index (χ2v) is 8.16. The summed E-state index contributed by atoms with van der Waals surface area (Å²) in [6, 6.07) is 14.0. The van der Waals surface area contributed by atoms with Crippen LogP contribution in [0.3, 0.4) is 0 Å². The fourth-order valence-electron chi connectivity index (χ4n) is 3.90. The summed E-state index contributed by atoms with van der Waals surface area (Å²) in [4.78, 5) is 24.1. The Labute approximate surface area is 186 Å². The molecule has 1 N–H and O–H groups in total. The van der Waals surface area contributed by atoms with E-state index >= 15 is 0 Å². The predicted octanol–water partition coefficient (Wildman–Crippen LogP) is 4.84. The first-order valence-corrected chi connectivity index (χ1v) is 10.7. The normalized spacial score (nSPS) is 16.4. The zero-order valence-electron chi connectivity index (χ0n) is 17.3. The molecule has 1 fully saturated rings. The summed E-state index contributed by atoms with van der Waals surface area (Å²) < 4.78 is 13.0. The lowest BCUT2D eigenvalue weighted by atomic mass is 10.1. The number of amides is 1. The molecule has 5 nitrogen and oxygen atoms in total. The predicted molar refractivity (Wildman–Crippen MR) is 118 cm³/mol. The number of hydrogen-bond acceptors (Lipinski definition) is 4. The lowest BCUT2D eigenvalue weighted by Gasteiger charge is -2.24. The zero-order chi connectivity index (χ0) is 21.8. The van der Waals surface area contributed by atoms with E-state index in [0.29, 0.717) is 17.8 Å². The van der Waals surface area contributed by atoms with Crippen LogP contribution >= 0.6 is 11.6 Å². The summed E-state index contributed by atoms with van der Waals surface area (Å²) in [5.74, 6) is 0.190. The van der Waals surface area contributed by atoms with Crippen molar-refractivity contribution in [3.8, 4) is 0 Å². The molecule has 1 amide bonds. The molecule has 4 rings (SSSR count). The van der Waals surface area contributed by atoms with E-state index in [1.807, 2.05) is 31.2 Å². The van der Waals surface area contributed by atoms with Gasteiger partial charge in [0.1, 0.15) is 11.6 Å².